The minimum absolute atomic E-state index is 0.131. The van der Waals surface area contributed by atoms with Crippen molar-refractivity contribution < 1.29 is 14.3 Å². The topological polar surface area (TPSA) is 101 Å². The van der Waals surface area contributed by atoms with E-state index in [1.165, 1.54) is 11.3 Å². The Morgan fingerprint density at radius 2 is 1.83 bits per heavy atom. The number of ether oxygens (including phenoxy) is 1. The van der Waals surface area contributed by atoms with Crippen molar-refractivity contribution in [2.75, 3.05) is 5.32 Å². The van der Waals surface area contributed by atoms with Crippen LogP contribution in [0.15, 0.2) is 46.6 Å². The molecule has 3 aromatic rings. The molecule has 1 aromatic carbocycles. The molecular formula is C21H21N3O4S. The Morgan fingerprint density at radius 1 is 1.14 bits per heavy atom. The Bertz CT molecular complexity index is 1090. The zero-order chi connectivity index (χ0) is 21.2. The number of aromatic amines is 1. The van der Waals surface area contributed by atoms with Gasteiger partial charge in [0.05, 0.1) is 10.6 Å². The second kappa shape index (κ2) is 8.00. The van der Waals surface area contributed by atoms with Crippen molar-refractivity contribution in [1.29, 1.82) is 0 Å². The summed E-state index contributed by atoms with van der Waals surface area (Å²) in [4.78, 5) is 44.5. The number of rotatable bonds is 4. The van der Waals surface area contributed by atoms with Gasteiger partial charge in [0.2, 0.25) is 0 Å². The Labute approximate surface area is 171 Å². The highest BCUT2D eigenvalue weighted by Crippen LogP contribution is 2.20. The van der Waals surface area contributed by atoms with Gasteiger partial charge >= 0.3 is 5.97 Å². The zero-order valence-corrected chi connectivity index (χ0v) is 17.3. The smallest absolute Gasteiger partial charge is 0.351 e. The van der Waals surface area contributed by atoms with Gasteiger partial charge in [-0.1, -0.05) is 26.8 Å². The summed E-state index contributed by atoms with van der Waals surface area (Å²) in [6, 6.07) is 9.85. The first-order chi connectivity index (χ1) is 13.6. The SMILES string of the molecule is Cc1nc(C(C)(C)C)[nH]c(=O)c1C(=O)Oc1ccc(NC(=O)c2cccs2)cc1. The summed E-state index contributed by atoms with van der Waals surface area (Å²) in [6.07, 6.45) is 0. The monoisotopic (exact) mass is 411 g/mol. The quantitative estimate of drug-likeness (QED) is 0.501. The maximum absolute atomic E-state index is 12.5. The second-order valence-corrected chi connectivity index (χ2v) is 8.42. The molecule has 3 rings (SSSR count). The van der Waals surface area contributed by atoms with E-state index in [2.05, 4.69) is 15.3 Å². The highest BCUT2D eigenvalue weighted by atomic mass is 32.1. The number of esters is 1. The van der Waals surface area contributed by atoms with Gasteiger partial charge in [0.15, 0.2) is 0 Å². The van der Waals surface area contributed by atoms with Crippen LogP contribution in [0.2, 0.25) is 0 Å². The van der Waals surface area contributed by atoms with E-state index < -0.39 is 11.5 Å². The van der Waals surface area contributed by atoms with Crippen LogP contribution in [-0.4, -0.2) is 21.8 Å². The minimum atomic E-state index is -0.785. The lowest BCUT2D eigenvalue weighted by Crippen LogP contribution is -2.29. The van der Waals surface area contributed by atoms with Gasteiger partial charge in [-0.15, -0.1) is 11.3 Å². The number of H-pyrrole nitrogens is 1. The fraction of sp³-hybridized carbons (Fsp3) is 0.238. The van der Waals surface area contributed by atoms with Crippen molar-refractivity contribution >= 4 is 28.9 Å². The third-order valence-corrected chi connectivity index (χ3v) is 4.95. The van der Waals surface area contributed by atoms with Gasteiger partial charge in [0.25, 0.3) is 11.5 Å². The van der Waals surface area contributed by atoms with Gasteiger partial charge in [0, 0.05) is 11.1 Å². The molecule has 1 amide bonds. The number of aromatic nitrogens is 2. The molecule has 0 saturated carbocycles. The van der Waals surface area contributed by atoms with Crippen molar-refractivity contribution in [1.82, 2.24) is 9.97 Å². The van der Waals surface area contributed by atoms with E-state index in [1.807, 2.05) is 26.2 Å². The Morgan fingerprint density at radius 3 is 2.38 bits per heavy atom. The normalized spacial score (nSPS) is 11.2. The molecule has 0 spiro atoms. The fourth-order valence-corrected chi connectivity index (χ4v) is 3.17. The van der Waals surface area contributed by atoms with Crippen molar-refractivity contribution in [2.24, 2.45) is 0 Å². The molecule has 0 saturated heterocycles. The van der Waals surface area contributed by atoms with E-state index in [0.29, 0.717) is 22.1 Å². The first-order valence-electron chi connectivity index (χ1n) is 8.93. The average molecular weight is 411 g/mol. The summed E-state index contributed by atoms with van der Waals surface area (Å²) >= 11 is 1.34. The van der Waals surface area contributed by atoms with Crippen LogP contribution >= 0.6 is 11.3 Å². The molecule has 0 fully saturated rings. The molecule has 0 radical (unpaired) electrons. The van der Waals surface area contributed by atoms with Crippen molar-refractivity contribution in [3.8, 4) is 5.75 Å². The maximum atomic E-state index is 12.5. The largest absolute Gasteiger partial charge is 0.423 e. The van der Waals surface area contributed by atoms with Gasteiger partial charge in [-0.25, -0.2) is 9.78 Å². The van der Waals surface area contributed by atoms with Crippen LogP contribution in [0.5, 0.6) is 5.75 Å². The third-order valence-electron chi connectivity index (χ3n) is 4.08. The second-order valence-electron chi connectivity index (χ2n) is 7.47. The number of carbonyl (C=O) groups is 2. The molecule has 0 atom stereocenters. The summed E-state index contributed by atoms with van der Waals surface area (Å²) in [6.45, 7) is 7.36. The number of aryl methyl sites for hydroxylation is 1. The molecule has 0 aliphatic rings. The Hall–Kier alpha value is -3.26. The lowest BCUT2D eigenvalue weighted by molar-refractivity contribution is 0.0731. The van der Waals surface area contributed by atoms with Crippen LogP contribution in [0.25, 0.3) is 0 Å². The molecule has 29 heavy (non-hydrogen) atoms. The van der Waals surface area contributed by atoms with Gasteiger partial charge in [0.1, 0.15) is 17.1 Å². The van der Waals surface area contributed by atoms with E-state index in [1.54, 1.807) is 43.3 Å². The molecule has 2 heterocycles. The molecule has 7 nitrogen and oxygen atoms in total. The van der Waals surface area contributed by atoms with E-state index in [4.69, 9.17) is 4.74 Å². The predicted octanol–water partition coefficient (Wildman–Crippen LogP) is 3.91. The van der Waals surface area contributed by atoms with Crippen LogP contribution in [0.3, 0.4) is 0 Å². The maximum Gasteiger partial charge on any atom is 0.351 e. The number of benzene rings is 1. The fourth-order valence-electron chi connectivity index (χ4n) is 2.55. The molecule has 0 aliphatic carbocycles. The van der Waals surface area contributed by atoms with Crippen LogP contribution < -0.4 is 15.6 Å². The molecule has 0 aliphatic heterocycles. The average Bonchev–Trinajstić information content (AvgIpc) is 3.17. The summed E-state index contributed by atoms with van der Waals surface area (Å²) in [7, 11) is 0. The summed E-state index contributed by atoms with van der Waals surface area (Å²) < 4.78 is 5.31. The molecule has 0 unspecified atom stereocenters. The number of hydrogen-bond donors (Lipinski definition) is 2. The Kier molecular flexibility index (Phi) is 5.65. The Balaban J connectivity index is 1.73. The summed E-state index contributed by atoms with van der Waals surface area (Å²) in [5, 5.41) is 4.58. The highest BCUT2D eigenvalue weighted by molar-refractivity contribution is 7.12. The molecule has 2 N–H and O–H groups in total. The molecule has 0 bridgehead atoms. The first kappa shape index (κ1) is 20.5. The molecule has 8 heteroatoms. The molecule has 150 valence electrons. The van der Waals surface area contributed by atoms with Crippen molar-refractivity contribution in [2.45, 2.75) is 33.1 Å². The predicted molar refractivity (Wildman–Crippen MR) is 112 cm³/mol. The van der Waals surface area contributed by atoms with Gasteiger partial charge in [-0.05, 0) is 42.6 Å². The van der Waals surface area contributed by atoms with Gasteiger partial charge in [-0.2, -0.15) is 0 Å². The lowest BCUT2D eigenvalue weighted by Gasteiger charge is -2.18. The third kappa shape index (κ3) is 4.78. The van der Waals surface area contributed by atoms with Crippen LogP contribution in [0.1, 0.15) is 52.3 Å². The van der Waals surface area contributed by atoms with Gasteiger partial charge in [-0.3, -0.25) is 9.59 Å². The van der Waals surface area contributed by atoms with E-state index in [9.17, 15) is 14.4 Å². The van der Waals surface area contributed by atoms with E-state index >= 15 is 0 Å². The number of hydrogen-bond acceptors (Lipinski definition) is 6. The molecular weight excluding hydrogens is 390 g/mol. The number of anilines is 1. The van der Waals surface area contributed by atoms with E-state index in [0.717, 1.165) is 0 Å². The standard InChI is InChI=1S/C21H21N3O4S/c1-12-16(18(26)24-20(22-12)21(2,3)4)19(27)28-14-9-7-13(8-10-14)23-17(25)15-6-5-11-29-15/h5-11H,1-4H3,(H,23,25)(H,22,24,26). The molecule has 2 aromatic heterocycles. The van der Waals surface area contributed by atoms with Crippen molar-refractivity contribution in [3.05, 3.63) is 74.1 Å². The lowest BCUT2D eigenvalue weighted by atomic mass is 9.95. The number of thiophene rings is 1. The van der Waals surface area contributed by atoms with Crippen LogP contribution in [0, 0.1) is 6.92 Å². The number of nitrogens with zero attached hydrogens (tertiary/aromatic N) is 1. The van der Waals surface area contributed by atoms with Crippen LogP contribution in [-0.2, 0) is 5.41 Å². The number of amides is 1. The highest BCUT2D eigenvalue weighted by Gasteiger charge is 2.23. The zero-order valence-electron chi connectivity index (χ0n) is 16.5. The first-order valence-corrected chi connectivity index (χ1v) is 9.81. The minimum Gasteiger partial charge on any atom is -0.423 e. The van der Waals surface area contributed by atoms with Crippen molar-refractivity contribution in [3.63, 3.8) is 0 Å². The summed E-state index contributed by atoms with van der Waals surface area (Å²) in [5.41, 5.74) is -0.146. The number of nitrogens with one attached hydrogen (secondary N) is 2. The van der Waals surface area contributed by atoms with Crippen LogP contribution in [0.4, 0.5) is 5.69 Å². The van der Waals surface area contributed by atoms with Gasteiger partial charge < -0.3 is 15.0 Å². The number of carbonyl (C=O) groups excluding carboxylic acids is 2. The summed E-state index contributed by atoms with van der Waals surface area (Å²) in [5.74, 6) is -0.241. The van der Waals surface area contributed by atoms with E-state index in [-0.39, 0.29) is 22.6 Å².